The van der Waals surface area contributed by atoms with Crippen molar-refractivity contribution in [3.8, 4) is 0 Å². The summed E-state index contributed by atoms with van der Waals surface area (Å²) in [5.41, 5.74) is 1.20. The Balaban J connectivity index is 1.47. The summed E-state index contributed by atoms with van der Waals surface area (Å²) < 4.78 is 17.6. The third-order valence-electron chi connectivity index (χ3n) is 6.27. The lowest BCUT2D eigenvalue weighted by molar-refractivity contribution is 0.00578. The van der Waals surface area contributed by atoms with Crippen LogP contribution in [0.2, 0.25) is 0 Å². The standard InChI is InChI=1S/C23H37BN2O4/c1-21(2,3)28-20(27)25-15-14-18-12-13-19(26-18)16-8-10-17(11-9-16)24-29-22(4,5)23(6,7)30-24/h8-11,18-19,26H,12-15H2,1-7H3,(H,25,27). The maximum absolute atomic E-state index is 11.8. The zero-order valence-electron chi connectivity index (χ0n) is 19.5. The van der Waals surface area contributed by atoms with E-state index in [9.17, 15) is 4.79 Å². The molecule has 2 heterocycles. The molecule has 0 radical (unpaired) electrons. The van der Waals surface area contributed by atoms with Gasteiger partial charge in [0.15, 0.2) is 0 Å². The summed E-state index contributed by atoms with van der Waals surface area (Å²) in [7, 11) is -0.327. The third-order valence-corrected chi connectivity index (χ3v) is 6.27. The van der Waals surface area contributed by atoms with Crippen LogP contribution in [0.3, 0.4) is 0 Å². The molecule has 2 fully saturated rings. The summed E-state index contributed by atoms with van der Waals surface area (Å²) >= 11 is 0. The third kappa shape index (κ3) is 5.57. The summed E-state index contributed by atoms with van der Waals surface area (Å²) in [6, 6.07) is 9.28. The van der Waals surface area contributed by atoms with Crippen molar-refractivity contribution in [2.45, 2.75) is 96.6 Å². The lowest BCUT2D eigenvalue weighted by Crippen LogP contribution is -2.41. The molecule has 0 aromatic heterocycles. The summed E-state index contributed by atoms with van der Waals surface area (Å²) in [6.45, 7) is 14.5. The molecule has 2 atom stereocenters. The number of rotatable bonds is 5. The molecule has 2 N–H and O–H groups in total. The molecule has 0 aliphatic carbocycles. The molecule has 6 nitrogen and oxygen atoms in total. The second kappa shape index (κ2) is 8.52. The summed E-state index contributed by atoms with van der Waals surface area (Å²) in [5.74, 6) is 0. The minimum atomic E-state index is -0.465. The molecule has 2 unspecified atom stereocenters. The Morgan fingerprint density at radius 2 is 1.73 bits per heavy atom. The van der Waals surface area contributed by atoms with Gasteiger partial charge >= 0.3 is 13.2 Å². The fraction of sp³-hybridized carbons (Fsp3) is 0.696. The molecule has 30 heavy (non-hydrogen) atoms. The molecule has 3 rings (SSSR count). The number of amides is 1. The monoisotopic (exact) mass is 416 g/mol. The predicted molar refractivity (Wildman–Crippen MR) is 120 cm³/mol. The van der Waals surface area contributed by atoms with Gasteiger partial charge in [0.1, 0.15) is 5.60 Å². The van der Waals surface area contributed by atoms with Crippen molar-refractivity contribution in [1.82, 2.24) is 10.6 Å². The van der Waals surface area contributed by atoms with E-state index in [1.807, 2.05) is 20.8 Å². The van der Waals surface area contributed by atoms with E-state index in [1.165, 1.54) is 5.56 Å². The molecule has 1 aromatic rings. The highest BCUT2D eigenvalue weighted by atomic mass is 16.7. The van der Waals surface area contributed by atoms with Crippen LogP contribution in [0.25, 0.3) is 0 Å². The Hall–Kier alpha value is -1.57. The van der Waals surface area contributed by atoms with E-state index in [0.29, 0.717) is 18.6 Å². The van der Waals surface area contributed by atoms with Gasteiger partial charge in [-0.3, -0.25) is 0 Å². The molecule has 0 spiro atoms. The van der Waals surface area contributed by atoms with Crippen molar-refractivity contribution in [2.24, 2.45) is 0 Å². The highest BCUT2D eigenvalue weighted by Crippen LogP contribution is 2.36. The van der Waals surface area contributed by atoms with Crippen LogP contribution in [0.4, 0.5) is 4.79 Å². The molecule has 2 aliphatic rings. The van der Waals surface area contributed by atoms with Crippen molar-refractivity contribution in [3.63, 3.8) is 0 Å². The largest absolute Gasteiger partial charge is 0.494 e. The van der Waals surface area contributed by atoms with Crippen LogP contribution in [0.1, 0.15) is 79.3 Å². The smallest absolute Gasteiger partial charge is 0.444 e. The number of nitrogens with one attached hydrogen (secondary N) is 2. The van der Waals surface area contributed by atoms with Crippen molar-refractivity contribution < 1.29 is 18.8 Å². The Morgan fingerprint density at radius 3 is 2.30 bits per heavy atom. The van der Waals surface area contributed by atoms with E-state index in [0.717, 1.165) is 24.7 Å². The minimum absolute atomic E-state index is 0.327. The summed E-state index contributed by atoms with van der Waals surface area (Å²) in [4.78, 5) is 11.8. The molecule has 2 saturated heterocycles. The fourth-order valence-electron chi connectivity index (χ4n) is 3.84. The van der Waals surface area contributed by atoms with Gasteiger partial charge in [0.05, 0.1) is 11.2 Å². The van der Waals surface area contributed by atoms with Crippen molar-refractivity contribution >= 4 is 18.7 Å². The average molecular weight is 416 g/mol. The second-order valence-electron chi connectivity index (χ2n) is 10.5. The molecule has 1 amide bonds. The van der Waals surface area contributed by atoms with Crippen LogP contribution in [0.15, 0.2) is 24.3 Å². The normalized spacial score (nSPS) is 25.4. The number of alkyl carbamates (subject to hydrolysis) is 1. The second-order valence-corrected chi connectivity index (χ2v) is 10.5. The number of benzene rings is 1. The van der Waals surface area contributed by atoms with E-state index in [-0.39, 0.29) is 24.4 Å². The van der Waals surface area contributed by atoms with Crippen LogP contribution in [-0.4, -0.2) is 42.6 Å². The van der Waals surface area contributed by atoms with E-state index < -0.39 is 5.60 Å². The van der Waals surface area contributed by atoms with Gasteiger partial charge in [-0.05, 0) is 78.8 Å². The lowest BCUT2D eigenvalue weighted by Gasteiger charge is -2.32. The van der Waals surface area contributed by atoms with Gasteiger partial charge in [-0.2, -0.15) is 0 Å². The lowest BCUT2D eigenvalue weighted by atomic mass is 9.78. The topological polar surface area (TPSA) is 68.8 Å². The SMILES string of the molecule is CC(C)(C)OC(=O)NCCC1CCC(c2ccc(B3OC(C)(C)C(C)(C)O3)cc2)N1. The number of hydrogen-bond donors (Lipinski definition) is 2. The number of hydrogen-bond acceptors (Lipinski definition) is 5. The summed E-state index contributed by atoms with van der Waals surface area (Å²) in [6.07, 6.45) is 2.73. The van der Waals surface area contributed by atoms with Crippen LogP contribution < -0.4 is 16.1 Å². The minimum Gasteiger partial charge on any atom is -0.444 e. The zero-order chi connectivity index (χ0) is 22.2. The molecule has 0 saturated carbocycles. The van der Waals surface area contributed by atoms with E-state index in [4.69, 9.17) is 14.0 Å². The van der Waals surface area contributed by atoms with Crippen molar-refractivity contribution in [3.05, 3.63) is 29.8 Å². The van der Waals surface area contributed by atoms with Gasteiger partial charge in [-0.25, -0.2) is 4.79 Å². The van der Waals surface area contributed by atoms with Crippen molar-refractivity contribution in [1.29, 1.82) is 0 Å². The molecular formula is C23H37BN2O4. The Bertz CT molecular complexity index is 727. The van der Waals surface area contributed by atoms with Crippen LogP contribution in [-0.2, 0) is 14.0 Å². The Kier molecular flexibility index (Phi) is 6.56. The average Bonchev–Trinajstić information content (AvgIpc) is 3.16. The molecule has 1 aromatic carbocycles. The highest BCUT2D eigenvalue weighted by Gasteiger charge is 2.51. The number of carbonyl (C=O) groups is 1. The van der Waals surface area contributed by atoms with Gasteiger partial charge in [0, 0.05) is 18.6 Å². The maximum atomic E-state index is 11.8. The fourth-order valence-corrected chi connectivity index (χ4v) is 3.84. The van der Waals surface area contributed by atoms with Crippen molar-refractivity contribution in [2.75, 3.05) is 6.54 Å². The molecular weight excluding hydrogens is 379 g/mol. The molecule has 7 heteroatoms. The molecule has 0 bridgehead atoms. The van der Waals surface area contributed by atoms with E-state index in [2.05, 4.69) is 62.6 Å². The van der Waals surface area contributed by atoms with Gasteiger partial charge in [0.25, 0.3) is 0 Å². The number of ether oxygens (including phenoxy) is 1. The van der Waals surface area contributed by atoms with Gasteiger partial charge in [-0.1, -0.05) is 24.3 Å². The van der Waals surface area contributed by atoms with Crippen LogP contribution >= 0.6 is 0 Å². The first-order chi connectivity index (χ1) is 13.9. The van der Waals surface area contributed by atoms with E-state index >= 15 is 0 Å². The van der Waals surface area contributed by atoms with Gasteiger partial charge in [0.2, 0.25) is 0 Å². The molecule has 2 aliphatic heterocycles. The van der Waals surface area contributed by atoms with Gasteiger partial charge in [-0.15, -0.1) is 0 Å². The first-order valence-electron chi connectivity index (χ1n) is 11.0. The van der Waals surface area contributed by atoms with E-state index in [1.54, 1.807) is 0 Å². The quantitative estimate of drug-likeness (QED) is 0.717. The number of carbonyl (C=O) groups excluding carboxylic acids is 1. The Morgan fingerprint density at radius 1 is 1.13 bits per heavy atom. The summed E-state index contributed by atoms with van der Waals surface area (Å²) in [5, 5.41) is 6.53. The predicted octanol–water partition coefficient (Wildman–Crippen LogP) is 3.69. The van der Waals surface area contributed by atoms with Gasteiger partial charge < -0.3 is 24.7 Å². The van der Waals surface area contributed by atoms with Crippen LogP contribution in [0.5, 0.6) is 0 Å². The molecule has 166 valence electrons. The first-order valence-corrected chi connectivity index (χ1v) is 11.0. The first kappa shape index (κ1) is 23.1. The van der Waals surface area contributed by atoms with Crippen LogP contribution in [0, 0.1) is 0 Å². The zero-order valence-corrected chi connectivity index (χ0v) is 19.5. The maximum Gasteiger partial charge on any atom is 0.494 e. The Labute approximate surface area is 181 Å². The highest BCUT2D eigenvalue weighted by molar-refractivity contribution is 6.62.